The summed E-state index contributed by atoms with van der Waals surface area (Å²) in [6, 6.07) is 0. The Bertz CT molecular complexity index is 125. The number of Topliss-reactive ketones (excluding diaryl/α,β-unsaturated/α-hetero) is 1. The molecular formula is C7H12O2. The Morgan fingerprint density at radius 2 is 2.22 bits per heavy atom. The summed E-state index contributed by atoms with van der Waals surface area (Å²) in [6.07, 6.45) is -0.556. The van der Waals surface area contributed by atoms with Crippen LogP contribution in [-0.4, -0.2) is 17.0 Å². The third-order valence-corrected chi connectivity index (χ3v) is 0.942. The largest absolute Gasteiger partial charge is 0.386 e. The summed E-state index contributed by atoms with van der Waals surface area (Å²) in [5.74, 6) is -0.164. The van der Waals surface area contributed by atoms with Crippen molar-refractivity contribution in [2.45, 2.75) is 26.4 Å². The standard InChI is InChI=1S/C7H12O2/c1-5(2)4-7(9)6(3)8/h6,8H,1,4H2,2-3H3. The van der Waals surface area contributed by atoms with Gasteiger partial charge in [0.1, 0.15) is 6.10 Å². The smallest absolute Gasteiger partial charge is 0.164 e. The zero-order chi connectivity index (χ0) is 7.44. The number of aliphatic hydroxyl groups excluding tert-OH is 1. The average molecular weight is 128 g/mol. The van der Waals surface area contributed by atoms with Gasteiger partial charge in [-0.2, -0.15) is 0 Å². The fourth-order valence-electron chi connectivity index (χ4n) is 0.445. The molecule has 0 heterocycles. The summed E-state index contributed by atoms with van der Waals surface area (Å²) in [6.45, 7) is 6.77. The van der Waals surface area contributed by atoms with Gasteiger partial charge in [0.2, 0.25) is 0 Å². The highest BCUT2D eigenvalue weighted by Crippen LogP contribution is 1.98. The maximum Gasteiger partial charge on any atom is 0.164 e. The van der Waals surface area contributed by atoms with Crippen molar-refractivity contribution in [2.24, 2.45) is 0 Å². The molecule has 1 unspecified atom stereocenters. The molecule has 0 saturated carbocycles. The molecule has 0 aliphatic carbocycles. The van der Waals surface area contributed by atoms with Crippen molar-refractivity contribution >= 4 is 5.78 Å². The third-order valence-electron chi connectivity index (χ3n) is 0.942. The second kappa shape index (κ2) is 3.41. The summed E-state index contributed by atoms with van der Waals surface area (Å²) in [5.41, 5.74) is 0.793. The molecule has 0 saturated heterocycles. The number of rotatable bonds is 3. The topological polar surface area (TPSA) is 37.3 Å². The molecule has 0 fully saturated rings. The summed E-state index contributed by atoms with van der Waals surface area (Å²) in [5, 5.41) is 8.68. The summed E-state index contributed by atoms with van der Waals surface area (Å²) in [7, 11) is 0. The minimum absolute atomic E-state index is 0.164. The van der Waals surface area contributed by atoms with Gasteiger partial charge in [-0.05, 0) is 13.8 Å². The van der Waals surface area contributed by atoms with E-state index >= 15 is 0 Å². The van der Waals surface area contributed by atoms with Crippen LogP contribution in [0.1, 0.15) is 20.3 Å². The third kappa shape index (κ3) is 3.91. The first-order valence-corrected chi connectivity index (χ1v) is 2.89. The van der Waals surface area contributed by atoms with Gasteiger partial charge >= 0.3 is 0 Å². The minimum atomic E-state index is -0.846. The van der Waals surface area contributed by atoms with Crippen molar-refractivity contribution in [3.8, 4) is 0 Å². The first-order valence-electron chi connectivity index (χ1n) is 2.89. The Morgan fingerprint density at radius 3 is 2.33 bits per heavy atom. The van der Waals surface area contributed by atoms with Crippen LogP contribution in [0, 0.1) is 0 Å². The number of aliphatic hydroxyl groups is 1. The fourth-order valence-corrected chi connectivity index (χ4v) is 0.445. The van der Waals surface area contributed by atoms with Gasteiger partial charge in [-0.1, -0.05) is 12.2 Å². The van der Waals surface area contributed by atoms with E-state index in [0.29, 0.717) is 0 Å². The van der Waals surface area contributed by atoms with Gasteiger partial charge in [0.05, 0.1) is 0 Å². The highest BCUT2D eigenvalue weighted by atomic mass is 16.3. The number of carbonyl (C=O) groups excluding carboxylic acids is 1. The van der Waals surface area contributed by atoms with Crippen LogP contribution in [-0.2, 0) is 4.79 Å². The van der Waals surface area contributed by atoms with Gasteiger partial charge in [-0.15, -0.1) is 0 Å². The molecule has 2 heteroatoms. The Kier molecular flexibility index (Phi) is 3.17. The zero-order valence-corrected chi connectivity index (χ0v) is 5.85. The van der Waals surface area contributed by atoms with E-state index < -0.39 is 6.10 Å². The molecule has 0 bridgehead atoms. The maximum absolute atomic E-state index is 10.6. The Labute approximate surface area is 55.2 Å². The first kappa shape index (κ1) is 8.37. The Hall–Kier alpha value is -0.630. The summed E-state index contributed by atoms with van der Waals surface area (Å²) in [4.78, 5) is 10.6. The molecular weight excluding hydrogens is 116 g/mol. The Balaban J connectivity index is 3.64. The van der Waals surface area contributed by atoms with Crippen LogP contribution in [0.3, 0.4) is 0 Å². The van der Waals surface area contributed by atoms with Crippen LogP contribution in [0.25, 0.3) is 0 Å². The van der Waals surface area contributed by atoms with E-state index in [1.165, 1.54) is 6.92 Å². The summed E-state index contributed by atoms with van der Waals surface area (Å²) >= 11 is 0. The molecule has 0 spiro atoms. The molecule has 1 atom stereocenters. The molecule has 0 rings (SSSR count). The molecule has 1 N–H and O–H groups in total. The minimum Gasteiger partial charge on any atom is -0.386 e. The van der Waals surface area contributed by atoms with Crippen molar-refractivity contribution in [3.63, 3.8) is 0 Å². The van der Waals surface area contributed by atoms with Crippen molar-refractivity contribution in [3.05, 3.63) is 12.2 Å². The predicted molar refractivity (Wildman–Crippen MR) is 36.1 cm³/mol. The van der Waals surface area contributed by atoms with Gasteiger partial charge in [-0.3, -0.25) is 4.79 Å². The van der Waals surface area contributed by atoms with Crippen molar-refractivity contribution < 1.29 is 9.90 Å². The lowest BCUT2D eigenvalue weighted by atomic mass is 10.1. The summed E-state index contributed by atoms with van der Waals surface area (Å²) < 4.78 is 0. The Morgan fingerprint density at radius 1 is 1.78 bits per heavy atom. The van der Waals surface area contributed by atoms with Crippen LogP contribution < -0.4 is 0 Å². The lowest BCUT2D eigenvalue weighted by Crippen LogP contribution is -2.15. The molecule has 0 aliphatic rings. The lowest BCUT2D eigenvalue weighted by Gasteiger charge is -2.00. The molecule has 52 valence electrons. The highest BCUT2D eigenvalue weighted by Gasteiger charge is 2.07. The van der Waals surface area contributed by atoms with Crippen LogP contribution in [0.4, 0.5) is 0 Å². The number of carbonyl (C=O) groups is 1. The quantitative estimate of drug-likeness (QED) is 0.573. The second-order valence-electron chi connectivity index (χ2n) is 2.28. The van der Waals surface area contributed by atoms with E-state index in [4.69, 9.17) is 5.11 Å². The molecule has 0 amide bonds. The average Bonchev–Trinajstić information content (AvgIpc) is 1.63. The van der Waals surface area contributed by atoms with Crippen molar-refractivity contribution in [1.29, 1.82) is 0 Å². The number of ketones is 1. The molecule has 2 nitrogen and oxygen atoms in total. The highest BCUT2D eigenvalue weighted by molar-refractivity contribution is 5.84. The second-order valence-corrected chi connectivity index (χ2v) is 2.28. The molecule has 0 aromatic heterocycles. The van der Waals surface area contributed by atoms with Crippen molar-refractivity contribution in [1.82, 2.24) is 0 Å². The van der Waals surface area contributed by atoms with Crippen LogP contribution in [0.15, 0.2) is 12.2 Å². The zero-order valence-electron chi connectivity index (χ0n) is 5.85. The lowest BCUT2D eigenvalue weighted by molar-refractivity contribution is -0.125. The van der Waals surface area contributed by atoms with Crippen molar-refractivity contribution in [2.75, 3.05) is 0 Å². The van der Waals surface area contributed by atoms with E-state index in [2.05, 4.69) is 6.58 Å². The molecule has 0 aromatic carbocycles. The van der Waals surface area contributed by atoms with Gasteiger partial charge < -0.3 is 5.11 Å². The molecule has 0 aromatic rings. The van der Waals surface area contributed by atoms with E-state index in [0.717, 1.165) is 5.57 Å². The van der Waals surface area contributed by atoms with Crippen LogP contribution in [0.2, 0.25) is 0 Å². The van der Waals surface area contributed by atoms with E-state index in [1.54, 1.807) is 6.92 Å². The van der Waals surface area contributed by atoms with Gasteiger partial charge in [0.25, 0.3) is 0 Å². The van der Waals surface area contributed by atoms with Gasteiger partial charge in [0.15, 0.2) is 5.78 Å². The predicted octanol–water partition coefficient (Wildman–Crippen LogP) is 0.903. The maximum atomic E-state index is 10.6. The van der Waals surface area contributed by atoms with Crippen LogP contribution in [0.5, 0.6) is 0 Å². The fraction of sp³-hybridized carbons (Fsp3) is 0.571. The molecule has 0 radical (unpaired) electrons. The first-order chi connectivity index (χ1) is 4.04. The normalized spacial score (nSPS) is 12.8. The number of allylic oxidation sites excluding steroid dienone is 1. The molecule has 9 heavy (non-hydrogen) atoms. The van der Waals surface area contributed by atoms with E-state index in [1.807, 2.05) is 0 Å². The molecule has 0 aliphatic heterocycles. The number of hydrogen-bond acceptors (Lipinski definition) is 2. The van der Waals surface area contributed by atoms with Gasteiger partial charge in [-0.25, -0.2) is 0 Å². The van der Waals surface area contributed by atoms with E-state index in [9.17, 15) is 4.79 Å². The van der Waals surface area contributed by atoms with E-state index in [-0.39, 0.29) is 12.2 Å². The van der Waals surface area contributed by atoms with Crippen LogP contribution >= 0.6 is 0 Å². The number of hydrogen-bond donors (Lipinski definition) is 1. The SMILES string of the molecule is C=C(C)CC(=O)C(C)O. The monoisotopic (exact) mass is 128 g/mol. The van der Waals surface area contributed by atoms with Gasteiger partial charge in [0, 0.05) is 6.42 Å².